The van der Waals surface area contributed by atoms with E-state index in [0.29, 0.717) is 11.3 Å². The highest BCUT2D eigenvalue weighted by atomic mass is 35.7. The Kier molecular flexibility index (Phi) is 6.24. The lowest BCUT2D eigenvalue weighted by atomic mass is 9.97. The number of carbonyl (C=O) groups excluding carboxylic acids is 1. The van der Waals surface area contributed by atoms with Crippen molar-refractivity contribution in [2.45, 2.75) is 44.2 Å². The second kappa shape index (κ2) is 8.41. The van der Waals surface area contributed by atoms with Gasteiger partial charge in [-0.2, -0.15) is 0 Å². The number of nitrogens with two attached hydrogens (primary N) is 1. The second-order valence-corrected chi connectivity index (χ2v) is 9.30. The molecule has 1 aliphatic carbocycles. The Morgan fingerprint density at radius 2 is 1.84 bits per heavy atom. The Morgan fingerprint density at radius 1 is 1.16 bits per heavy atom. The van der Waals surface area contributed by atoms with Gasteiger partial charge in [-0.15, -0.1) is 0 Å². The first kappa shape index (κ1) is 18.5. The fraction of sp³-hybridized carbons (Fsp3) is 0.389. The molecule has 25 heavy (non-hydrogen) atoms. The van der Waals surface area contributed by atoms with Crippen molar-refractivity contribution in [2.24, 2.45) is 5.73 Å². The molecule has 2 aromatic carbocycles. The van der Waals surface area contributed by atoms with Gasteiger partial charge in [0.25, 0.3) is 0 Å². The van der Waals surface area contributed by atoms with Crippen molar-refractivity contribution in [1.82, 2.24) is 0 Å². The van der Waals surface area contributed by atoms with Crippen LogP contribution in [0.5, 0.6) is 5.75 Å². The van der Waals surface area contributed by atoms with E-state index in [-0.39, 0.29) is 12.1 Å². The van der Waals surface area contributed by atoms with Gasteiger partial charge in [-0.3, -0.25) is 4.52 Å². The summed E-state index contributed by atoms with van der Waals surface area (Å²) in [6, 6.07) is 10.3. The molecule has 3 rings (SSSR count). The van der Waals surface area contributed by atoms with E-state index in [1.165, 1.54) is 6.42 Å². The lowest BCUT2D eigenvalue weighted by Gasteiger charge is -2.24. The van der Waals surface area contributed by atoms with Crippen molar-refractivity contribution < 1.29 is 14.1 Å². The fourth-order valence-corrected chi connectivity index (χ4v) is 4.06. The van der Waals surface area contributed by atoms with Crippen molar-refractivity contribution in [3.63, 3.8) is 0 Å². The molecule has 2 aromatic rings. The molecule has 4 nitrogen and oxygen atoms in total. The van der Waals surface area contributed by atoms with Crippen molar-refractivity contribution >= 4 is 46.1 Å². The van der Waals surface area contributed by atoms with Crippen LogP contribution in [0.1, 0.15) is 43.7 Å². The van der Waals surface area contributed by atoms with Crippen LogP contribution in [0.15, 0.2) is 36.4 Å². The minimum absolute atomic E-state index is 0.0128. The molecule has 0 bridgehead atoms. The number of fused-ring (bicyclic) bond motifs is 1. The molecule has 0 amide bonds. The largest absolute Gasteiger partial charge is 0.511 e. The summed E-state index contributed by atoms with van der Waals surface area (Å²) in [5.74, 6) is 0.219. The molecule has 0 heterocycles. The van der Waals surface area contributed by atoms with Crippen LogP contribution in [0.3, 0.4) is 0 Å². The highest BCUT2D eigenvalue weighted by Crippen LogP contribution is 2.37. The van der Waals surface area contributed by atoms with E-state index in [2.05, 4.69) is 0 Å². The predicted octanol–water partition coefficient (Wildman–Crippen LogP) is 5.11. The first-order valence-electron chi connectivity index (χ1n) is 8.35. The molecule has 0 aromatic heterocycles. The Morgan fingerprint density at radius 3 is 2.56 bits per heavy atom. The molecule has 0 aliphatic heterocycles. The number of esters is 1. The van der Waals surface area contributed by atoms with E-state index in [0.717, 1.165) is 36.5 Å². The number of benzene rings is 2. The van der Waals surface area contributed by atoms with Gasteiger partial charge in [0, 0.05) is 5.39 Å². The Labute approximate surface area is 157 Å². The molecule has 132 valence electrons. The highest BCUT2D eigenvalue weighted by molar-refractivity contribution is 8.15. The van der Waals surface area contributed by atoms with Crippen LogP contribution in [0.2, 0.25) is 0 Å². The van der Waals surface area contributed by atoms with E-state index < -0.39 is 12.3 Å². The van der Waals surface area contributed by atoms with Crippen LogP contribution in [0.4, 0.5) is 0 Å². The third-order valence-electron chi connectivity index (χ3n) is 4.51. The predicted molar refractivity (Wildman–Crippen MR) is 105 cm³/mol. The maximum absolute atomic E-state index is 12.5. The van der Waals surface area contributed by atoms with Crippen LogP contribution in [-0.4, -0.2) is 12.1 Å². The summed E-state index contributed by atoms with van der Waals surface area (Å²) in [5, 5.41) is 1.68. The van der Waals surface area contributed by atoms with E-state index in [1.807, 2.05) is 36.4 Å². The summed E-state index contributed by atoms with van der Waals surface area (Å²) in [6.07, 6.45) is 3.77. The third-order valence-corrected chi connectivity index (χ3v) is 5.28. The average molecular weight is 397 g/mol. The topological polar surface area (TPSA) is 61.6 Å². The quantitative estimate of drug-likeness (QED) is 0.562. The molecule has 1 saturated carbocycles. The third kappa shape index (κ3) is 4.48. The van der Waals surface area contributed by atoms with E-state index in [1.54, 1.807) is 0 Å². The summed E-state index contributed by atoms with van der Waals surface area (Å²) >= 11 is 10.8. The maximum atomic E-state index is 12.5. The molecule has 0 saturated heterocycles. The SMILES string of the molecule is NC(C(=O)OC1CCCCC1)c1cccc2c(O[P+](=S)Cl)cccc12. The molecular formula is C18H20ClNO3PS+. The lowest BCUT2D eigenvalue weighted by Crippen LogP contribution is -2.29. The Balaban J connectivity index is 1.86. The fourth-order valence-electron chi connectivity index (χ4n) is 3.28. The van der Waals surface area contributed by atoms with Gasteiger partial charge in [0.1, 0.15) is 12.1 Å². The molecule has 2 unspecified atom stereocenters. The molecule has 7 heteroatoms. The smallest absolute Gasteiger partial charge is 0.461 e. The number of rotatable bonds is 5. The summed E-state index contributed by atoms with van der Waals surface area (Å²) in [6.45, 7) is 0. The van der Waals surface area contributed by atoms with Crippen molar-refractivity contribution in [1.29, 1.82) is 0 Å². The minimum Gasteiger partial charge on any atom is -0.461 e. The van der Waals surface area contributed by atoms with Gasteiger partial charge in [0.15, 0.2) is 5.75 Å². The van der Waals surface area contributed by atoms with Gasteiger partial charge >= 0.3 is 12.2 Å². The molecule has 2 N–H and O–H groups in total. The van der Waals surface area contributed by atoms with Crippen molar-refractivity contribution in [3.8, 4) is 5.75 Å². The molecule has 2 atom stereocenters. The zero-order valence-electron chi connectivity index (χ0n) is 13.7. The number of carbonyl (C=O) groups is 1. The molecule has 0 spiro atoms. The standard InChI is InChI=1S/C18H20ClNO3PS/c19-24(25)23-16-11-5-8-13-14(16)9-4-10-15(13)17(20)18(21)22-12-6-2-1-3-7-12/h4-5,8-12,17H,1-3,6-7,20H2/q+1. The number of hydrogen-bond donors (Lipinski definition) is 1. The average Bonchev–Trinajstić information content (AvgIpc) is 2.61. The highest BCUT2D eigenvalue weighted by Gasteiger charge is 2.25. The van der Waals surface area contributed by atoms with E-state index in [9.17, 15) is 4.79 Å². The monoisotopic (exact) mass is 396 g/mol. The van der Waals surface area contributed by atoms with E-state index >= 15 is 0 Å². The first-order valence-corrected chi connectivity index (χ1v) is 11.5. The zero-order valence-corrected chi connectivity index (χ0v) is 16.2. The lowest BCUT2D eigenvalue weighted by molar-refractivity contribution is -0.152. The summed E-state index contributed by atoms with van der Waals surface area (Å²) in [7, 11) is 0. The van der Waals surface area contributed by atoms with Gasteiger partial charge < -0.3 is 10.5 Å². The van der Waals surface area contributed by atoms with Crippen LogP contribution in [-0.2, 0) is 21.3 Å². The van der Waals surface area contributed by atoms with Crippen molar-refractivity contribution in [2.75, 3.05) is 0 Å². The van der Waals surface area contributed by atoms with Gasteiger partial charge in [0.05, 0.1) is 0 Å². The summed E-state index contributed by atoms with van der Waals surface area (Å²) in [4.78, 5) is 12.5. The van der Waals surface area contributed by atoms with Crippen molar-refractivity contribution in [3.05, 3.63) is 42.0 Å². The van der Waals surface area contributed by atoms with Crippen LogP contribution in [0, 0.1) is 0 Å². The van der Waals surface area contributed by atoms with Gasteiger partial charge in [0.2, 0.25) is 23.0 Å². The van der Waals surface area contributed by atoms with Gasteiger partial charge in [-0.25, -0.2) is 4.79 Å². The van der Waals surface area contributed by atoms with Gasteiger partial charge in [-0.1, -0.05) is 36.8 Å². The first-order chi connectivity index (χ1) is 12.1. The van der Waals surface area contributed by atoms with Crippen LogP contribution >= 0.6 is 17.5 Å². The molecule has 1 fully saturated rings. The Hall–Kier alpha value is -1.26. The number of halogens is 1. The van der Waals surface area contributed by atoms with Crippen LogP contribution in [0.25, 0.3) is 10.8 Å². The number of ether oxygens (including phenoxy) is 1. The molecule has 0 radical (unpaired) electrons. The molecular weight excluding hydrogens is 377 g/mol. The summed E-state index contributed by atoms with van der Waals surface area (Å²) in [5.41, 5.74) is 6.93. The van der Waals surface area contributed by atoms with Gasteiger partial charge in [-0.05, 0) is 42.7 Å². The zero-order chi connectivity index (χ0) is 17.8. The second-order valence-electron chi connectivity index (χ2n) is 6.18. The molecule has 1 aliphatic rings. The van der Waals surface area contributed by atoms with Crippen LogP contribution < -0.4 is 10.3 Å². The number of hydrogen-bond acceptors (Lipinski definition) is 5. The minimum atomic E-state index is -1.47. The maximum Gasteiger partial charge on any atom is 0.511 e. The Bertz CT molecular complexity index is 795. The van der Waals surface area contributed by atoms with E-state index in [4.69, 9.17) is 38.0 Å². The normalized spacial score (nSPS) is 17.1. The summed E-state index contributed by atoms with van der Waals surface area (Å²) < 4.78 is 11.2.